The lowest BCUT2D eigenvalue weighted by Gasteiger charge is -2.16. The summed E-state index contributed by atoms with van der Waals surface area (Å²) >= 11 is 0. The average Bonchev–Trinajstić information content (AvgIpc) is 2.72. The highest BCUT2D eigenvalue weighted by atomic mass is 16.5. The maximum absolute atomic E-state index is 11.6. The Morgan fingerprint density at radius 3 is 2.65 bits per heavy atom. The van der Waals surface area contributed by atoms with Crippen LogP contribution in [0, 0.1) is 12.8 Å². The number of hydrogen-bond donors (Lipinski definition) is 3. The fourth-order valence-electron chi connectivity index (χ4n) is 1.73. The topological polar surface area (TPSA) is 104 Å². The molecule has 0 saturated carbocycles. The van der Waals surface area contributed by atoms with Crippen LogP contribution >= 0.6 is 0 Å². The number of rotatable bonds is 8. The van der Waals surface area contributed by atoms with Gasteiger partial charge in [-0.15, -0.1) is 0 Å². The molecular weight excluding hydrogens is 262 g/mol. The third-order valence-electron chi connectivity index (χ3n) is 2.64. The zero-order valence-electron chi connectivity index (χ0n) is 12.0. The molecule has 0 fully saturated rings. The normalized spacial score (nSPS) is 12.4. The molecule has 0 aliphatic rings. The van der Waals surface area contributed by atoms with Gasteiger partial charge in [0.25, 0.3) is 0 Å². The Morgan fingerprint density at radius 1 is 1.45 bits per heavy atom. The molecule has 1 unspecified atom stereocenters. The van der Waals surface area contributed by atoms with E-state index in [9.17, 15) is 9.59 Å². The van der Waals surface area contributed by atoms with Gasteiger partial charge >= 0.3 is 5.97 Å². The zero-order chi connectivity index (χ0) is 15.1. The van der Waals surface area contributed by atoms with Crippen molar-refractivity contribution in [2.24, 2.45) is 5.92 Å². The number of carboxylic acids is 1. The number of carboxylic acid groups (broad SMARTS) is 1. The Kier molecular flexibility index (Phi) is 6.17. The standard InChI is InChI=1S/C13H21N3O4/c1-8(2)6-10(13(18)19)14-5-4-12(17)15-11-7-9(3)20-16-11/h7-8,10,14H,4-6H2,1-3H3,(H,18,19)(H,15,16,17). The third kappa shape index (κ3) is 5.83. The molecule has 7 heteroatoms. The first-order valence-corrected chi connectivity index (χ1v) is 6.58. The van der Waals surface area contributed by atoms with Crippen LogP contribution in [-0.4, -0.2) is 34.7 Å². The first kappa shape index (κ1) is 16.2. The van der Waals surface area contributed by atoms with E-state index >= 15 is 0 Å². The van der Waals surface area contributed by atoms with E-state index in [4.69, 9.17) is 9.63 Å². The molecule has 0 aliphatic carbocycles. The largest absolute Gasteiger partial charge is 0.480 e. The summed E-state index contributed by atoms with van der Waals surface area (Å²) in [6.45, 7) is 5.94. The lowest BCUT2D eigenvalue weighted by molar-refractivity contribution is -0.140. The van der Waals surface area contributed by atoms with Crippen molar-refractivity contribution in [3.8, 4) is 0 Å². The number of aromatic nitrogens is 1. The Bertz CT molecular complexity index is 456. The Labute approximate surface area is 117 Å². The average molecular weight is 283 g/mol. The highest BCUT2D eigenvalue weighted by Gasteiger charge is 2.18. The van der Waals surface area contributed by atoms with Gasteiger partial charge < -0.3 is 20.3 Å². The van der Waals surface area contributed by atoms with Crippen LogP contribution in [0.1, 0.15) is 32.4 Å². The van der Waals surface area contributed by atoms with Crippen LogP contribution in [-0.2, 0) is 9.59 Å². The van der Waals surface area contributed by atoms with Gasteiger partial charge in [-0.1, -0.05) is 19.0 Å². The molecular formula is C13H21N3O4. The first-order chi connectivity index (χ1) is 9.38. The van der Waals surface area contributed by atoms with Crippen LogP contribution in [0.2, 0.25) is 0 Å². The molecule has 7 nitrogen and oxygen atoms in total. The van der Waals surface area contributed by atoms with Crippen LogP contribution in [0.15, 0.2) is 10.6 Å². The zero-order valence-corrected chi connectivity index (χ0v) is 12.0. The van der Waals surface area contributed by atoms with E-state index in [0.717, 1.165) is 0 Å². The molecule has 1 atom stereocenters. The smallest absolute Gasteiger partial charge is 0.320 e. The van der Waals surface area contributed by atoms with E-state index in [0.29, 0.717) is 24.5 Å². The number of anilines is 1. The van der Waals surface area contributed by atoms with Crippen molar-refractivity contribution in [1.82, 2.24) is 10.5 Å². The van der Waals surface area contributed by atoms with Gasteiger partial charge in [-0.2, -0.15) is 0 Å². The summed E-state index contributed by atoms with van der Waals surface area (Å²) in [5, 5.41) is 18.1. The molecule has 1 aromatic heterocycles. The minimum absolute atomic E-state index is 0.174. The van der Waals surface area contributed by atoms with Gasteiger partial charge in [0.1, 0.15) is 11.8 Å². The molecule has 112 valence electrons. The summed E-state index contributed by atoms with van der Waals surface area (Å²) in [7, 11) is 0. The highest BCUT2D eigenvalue weighted by molar-refractivity contribution is 5.89. The number of nitrogens with zero attached hydrogens (tertiary/aromatic N) is 1. The highest BCUT2D eigenvalue weighted by Crippen LogP contribution is 2.07. The van der Waals surface area contributed by atoms with Gasteiger partial charge in [0.05, 0.1) is 0 Å². The van der Waals surface area contributed by atoms with Gasteiger partial charge in [0.15, 0.2) is 5.82 Å². The monoisotopic (exact) mass is 283 g/mol. The van der Waals surface area contributed by atoms with Crippen molar-refractivity contribution in [2.45, 2.75) is 39.7 Å². The maximum Gasteiger partial charge on any atom is 0.320 e. The van der Waals surface area contributed by atoms with Crippen molar-refractivity contribution in [1.29, 1.82) is 0 Å². The van der Waals surface area contributed by atoms with Gasteiger partial charge in [0.2, 0.25) is 5.91 Å². The summed E-state index contributed by atoms with van der Waals surface area (Å²) in [6, 6.07) is 0.988. The summed E-state index contributed by atoms with van der Waals surface area (Å²) in [4.78, 5) is 22.6. The fourth-order valence-corrected chi connectivity index (χ4v) is 1.73. The lowest BCUT2D eigenvalue weighted by atomic mass is 10.0. The van der Waals surface area contributed by atoms with Crippen molar-refractivity contribution in [3.63, 3.8) is 0 Å². The van der Waals surface area contributed by atoms with E-state index < -0.39 is 12.0 Å². The number of hydrogen-bond acceptors (Lipinski definition) is 5. The van der Waals surface area contributed by atoms with E-state index in [1.54, 1.807) is 13.0 Å². The van der Waals surface area contributed by atoms with E-state index in [-0.39, 0.29) is 18.2 Å². The van der Waals surface area contributed by atoms with Crippen LogP contribution in [0.3, 0.4) is 0 Å². The molecule has 20 heavy (non-hydrogen) atoms. The van der Waals surface area contributed by atoms with Crippen molar-refractivity contribution < 1.29 is 19.2 Å². The minimum atomic E-state index is -0.897. The second-order valence-corrected chi connectivity index (χ2v) is 5.10. The SMILES string of the molecule is Cc1cc(NC(=O)CCNC(CC(C)C)C(=O)O)no1. The van der Waals surface area contributed by atoms with Gasteiger partial charge in [-0.05, 0) is 19.3 Å². The molecule has 0 radical (unpaired) electrons. The Balaban J connectivity index is 2.31. The predicted molar refractivity (Wildman–Crippen MR) is 73.4 cm³/mol. The molecule has 0 saturated heterocycles. The molecule has 0 aliphatic heterocycles. The summed E-state index contributed by atoms with van der Waals surface area (Å²) in [5.74, 6) is 0.118. The number of aliphatic carboxylic acids is 1. The van der Waals surface area contributed by atoms with Crippen LogP contribution in [0.5, 0.6) is 0 Å². The lowest BCUT2D eigenvalue weighted by Crippen LogP contribution is -2.39. The number of carbonyl (C=O) groups excluding carboxylic acids is 1. The second kappa shape index (κ2) is 7.64. The quantitative estimate of drug-likeness (QED) is 0.666. The van der Waals surface area contributed by atoms with Gasteiger partial charge in [-0.3, -0.25) is 9.59 Å². The molecule has 1 rings (SSSR count). The Hall–Kier alpha value is -1.89. The molecule has 3 N–H and O–H groups in total. The van der Waals surface area contributed by atoms with Gasteiger partial charge in [0, 0.05) is 19.0 Å². The number of nitrogens with one attached hydrogen (secondary N) is 2. The third-order valence-corrected chi connectivity index (χ3v) is 2.64. The first-order valence-electron chi connectivity index (χ1n) is 6.58. The van der Waals surface area contributed by atoms with E-state index in [2.05, 4.69) is 15.8 Å². The molecule has 0 bridgehead atoms. The maximum atomic E-state index is 11.6. The molecule has 1 aromatic rings. The van der Waals surface area contributed by atoms with Crippen LogP contribution in [0.25, 0.3) is 0 Å². The van der Waals surface area contributed by atoms with Crippen LogP contribution < -0.4 is 10.6 Å². The predicted octanol–water partition coefficient (Wildman–Crippen LogP) is 1.40. The summed E-state index contributed by atoms with van der Waals surface area (Å²) in [5.41, 5.74) is 0. The number of carbonyl (C=O) groups is 2. The van der Waals surface area contributed by atoms with E-state index in [1.165, 1.54) is 0 Å². The molecule has 0 aromatic carbocycles. The van der Waals surface area contributed by atoms with Gasteiger partial charge in [-0.25, -0.2) is 0 Å². The summed E-state index contributed by atoms with van der Waals surface area (Å²) in [6.07, 6.45) is 0.702. The second-order valence-electron chi connectivity index (χ2n) is 5.10. The molecule has 0 spiro atoms. The van der Waals surface area contributed by atoms with E-state index in [1.807, 2.05) is 13.8 Å². The van der Waals surface area contributed by atoms with Crippen molar-refractivity contribution in [3.05, 3.63) is 11.8 Å². The van der Waals surface area contributed by atoms with Crippen LogP contribution in [0.4, 0.5) is 5.82 Å². The molecule has 1 amide bonds. The minimum Gasteiger partial charge on any atom is -0.480 e. The Morgan fingerprint density at radius 2 is 2.15 bits per heavy atom. The number of amides is 1. The summed E-state index contributed by atoms with van der Waals surface area (Å²) < 4.78 is 4.83. The fraction of sp³-hybridized carbons (Fsp3) is 0.615. The number of aryl methyl sites for hydroxylation is 1. The van der Waals surface area contributed by atoms with Crippen molar-refractivity contribution >= 4 is 17.7 Å². The van der Waals surface area contributed by atoms with Crippen molar-refractivity contribution in [2.75, 3.05) is 11.9 Å². The molecule has 1 heterocycles.